The van der Waals surface area contributed by atoms with Gasteiger partial charge in [-0.15, -0.1) is 0 Å². The number of unbranched alkanes of at least 4 members (excludes halogenated alkanes) is 1. The fraction of sp³-hybridized carbons (Fsp3) is 0.500. The van der Waals surface area contributed by atoms with Crippen LogP contribution in [0.3, 0.4) is 0 Å². The molecule has 0 aromatic carbocycles. The number of hydrogen-bond acceptors (Lipinski definition) is 3. The summed E-state index contributed by atoms with van der Waals surface area (Å²) in [4.78, 5) is 16.1. The molecule has 3 N–H and O–H groups in total. The fourth-order valence-corrected chi connectivity index (χ4v) is 1.81. The van der Waals surface area contributed by atoms with E-state index in [1.54, 1.807) is 18.5 Å². The highest BCUT2D eigenvalue weighted by Crippen LogP contribution is 2.07. The first kappa shape index (κ1) is 16.2. The SMILES string of the molecule is CC(C)CCCCNC(=O)c1ccncc1C#CCN. The molecule has 4 nitrogen and oxygen atoms in total. The Hall–Kier alpha value is -1.86. The van der Waals surface area contributed by atoms with Crippen LogP contribution in [0.4, 0.5) is 0 Å². The number of nitrogens with two attached hydrogens (primary N) is 1. The van der Waals surface area contributed by atoms with Crippen molar-refractivity contribution in [1.29, 1.82) is 0 Å². The molecule has 0 unspecified atom stereocenters. The van der Waals surface area contributed by atoms with Gasteiger partial charge in [0.2, 0.25) is 0 Å². The van der Waals surface area contributed by atoms with Gasteiger partial charge in [-0.2, -0.15) is 0 Å². The van der Waals surface area contributed by atoms with E-state index in [1.165, 1.54) is 6.42 Å². The van der Waals surface area contributed by atoms with Crippen molar-refractivity contribution in [3.63, 3.8) is 0 Å². The zero-order valence-corrected chi connectivity index (χ0v) is 12.3. The van der Waals surface area contributed by atoms with Gasteiger partial charge in [0.1, 0.15) is 0 Å². The van der Waals surface area contributed by atoms with Gasteiger partial charge < -0.3 is 11.1 Å². The Bertz CT molecular complexity index is 486. The Morgan fingerprint density at radius 3 is 2.95 bits per heavy atom. The maximum atomic E-state index is 12.1. The van der Waals surface area contributed by atoms with Crippen molar-refractivity contribution >= 4 is 5.91 Å². The van der Waals surface area contributed by atoms with E-state index in [0.29, 0.717) is 23.6 Å². The molecule has 0 saturated heterocycles. The predicted octanol–water partition coefficient (Wildman–Crippen LogP) is 1.95. The van der Waals surface area contributed by atoms with Crippen LogP contribution in [0, 0.1) is 17.8 Å². The number of aromatic nitrogens is 1. The zero-order valence-electron chi connectivity index (χ0n) is 12.3. The van der Waals surface area contributed by atoms with E-state index in [2.05, 4.69) is 36.0 Å². The van der Waals surface area contributed by atoms with E-state index in [1.807, 2.05) is 0 Å². The first-order valence-corrected chi connectivity index (χ1v) is 7.06. The van der Waals surface area contributed by atoms with Crippen LogP contribution in [0.25, 0.3) is 0 Å². The molecule has 0 fully saturated rings. The van der Waals surface area contributed by atoms with Crippen LogP contribution in [-0.2, 0) is 0 Å². The van der Waals surface area contributed by atoms with E-state index in [0.717, 1.165) is 12.8 Å². The quantitative estimate of drug-likeness (QED) is 0.615. The summed E-state index contributed by atoms with van der Waals surface area (Å²) in [6.45, 7) is 5.37. The molecular weight excluding hydrogens is 250 g/mol. The van der Waals surface area contributed by atoms with Crippen LogP contribution >= 0.6 is 0 Å². The number of hydrogen-bond donors (Lipinski definition) is 2. The minimum absolute atomic E-state index is 0.0988. The van der Waals surface area contributed by atoms with Gasteiger partial charge in [-0.1, -0.05) is 38.5 Å². The number of pyridine rings is 1. The lowest BCUT2D eigenvalue weighted by molar-refractivity contribution is 0.0952. The standard InChI is InChI=1S/C16H23N3O/c1-13(2)6-3-4-10-19-16(20)15-8-11-18-12-14(15)7-5-9-17/h8,11-13H,3-4,6,9-10,17H2,1-2H3,(H,19,20). The summed E-state index contributed by atoms with van der Waals surface area (Å²) < 4.78 is 0. The van der Waals surface area contributed by atoms with Crippen molar-refractivity contribution in [2.75, 3.05) is 13.1 Å². The van der Waals surface area contributed by atoms with Crippen molar-refractivity contribution in [2.24, 2.45) is 11.7 Å². The number of rotatable bonds is 6. The Morgan fingerprint density at radius 1 is 1.45 bits per heavy atom. The average Bonchev–Trinajstić information content (AvgIpc) is 2.44. The van der Waals surface area contributed by atoms with Crippen LogP contribution < -0.4 is 11.1 Å². The maximum absolute atomic E-state index is 12.1. The number of carbonyl (C=O) groups is 1. The smallest absolute Gasteiger partial charge is 0.252 e. The summed E-state index contributed by atoms with van der Waals surface area (Å²) in [6, 6.07) is 1.68. The Labute approximate surface area is 121 Å². The molecule has 0 saturated carbocycles. The number of carbonyl (C=O) groups excluding carboxylic acids is 1. The lowest BCUT2D eigenvalue weighted by Gasteiger charge is -2.07. The molecule has 0 aliphatic carbocycles. The van der Waals surface area contributed by atoms with E-state index < -0.39 is 0 Å². The van der Waals surface area contributed by atoms with Gasteiger partial charge in [-0.05, 0) is 18.4 Å². The summed E-state index contributed by atoms with van der Waals surface area (Å²) in [5.41, 5.74) is 6.53. The van der Waals surface area contributed by atoms with Gasteiger partial charge in [0, 0.05) is 18.9 Å². The second kappa shape index (κ2) is 9.11. The van der Waals surface area contributed by atoms with E-state index in [-0.39, 0.29) is 12.5 Å². The molecule has 0 bridgehead atoms. The van der Waals surface area contributed by atoms with Gasteiger partial charge in [-0.3, -0.25) is 9.78 Å². The van der Waals surface area contributed by atoms with Gasteiger partial charge in [-0.25, -0.2) is 0 Å². The van der Waals surface area contributed by atoms with Crippen molar-refractivity contribution in [1.82, 2.24) is 10.3 Å². The van der Waals surface area contributed by atoms with E-state index >= 15 is 0 Å². The van der Waals surface area contributed by atoms with Gasteiger partial charge >= 0.3 is 0 Å². The van der Waals surface area contributed by atoms with Crippen LogP contribution in [-0.4, -0.2) is 24.0 Å². The minimum atomic E-state index is -0.0988. The van der Waals surface area contributed by atoms with Gasteiger partial charge in [0.25, 0.3) is 5.91 Å². The Balaban J connectivity index is 2.51. The lowest BCUT2D eigenvalue weighted by Crippen LogP contribution is -2.25. The third-order valence-corrected chi connectivity index (χ3v) is 2.88. The predicted molar refractivity (Wildman–Crippen MR) is 81.2 cm³/mol. The first-order valence-electron chi connectivity index (χ1n) is 7.06. The third-order valence-electron chi connectivity index (χ3n) is 2.88. The monoisotopic (exact) mass is 273 g/mol. The molecule has 1 heterocycles. The molecule has 20 heavy (non-hydrogen) atoms. The highest BCUT2D eigenvalue weighted by atomic mass is 16.1. The van der Waals surface area contributed by atoms with Crippen LogP contribution in [0.5, 0.6) is 0 Å². The molecule has 1 amide bonds. The maximum Gasteiger partial charge on any atom is 0.252 e. The molecule has 4 heteroatoms. The normalized spacial score (nSPS) is 10.0. The Kier molecular flexibility index (Phi) is 7.38. The molecule has 108 valence electrons. The van der Waals surface area contributed by atoms with E-state index in [9.17, 15) is 4.79 Å². The summed E-state index contributed by atoms with van der Waals surface area (Å²) in [5.74, 6) is 6.23. The lowest BCUT2D eigenvalue weighted by atomic mass is 10.1. The largest absolute Gasteiger partial charge is 0.352 e. The van der Waals surface area contributed by atoms with Crippen LogP contribution in [0.15, 0.2) is 18.5 Å². The summed E-state index contributed by atoms with van der Waals surface area (Å²) in [7, 11) is 0. The molecule has 0 radical (unpaired) electrons. The average molecular weight is 273 g/mol. The van der Waals surface area contributed by atoms with Gasteiger partial charge in [0.15, 0.2) is 0 Å². The minimum Gasteiger partial charge on any atom is -0.352 e. The molecule has 0 aliphatic rings. The second-order valence-corrected chi connectivity index (χ2v) is 5.07. The number of nitrogens with one attached hydrogen (secondary N) is 1. The summed E-state index contributed by atoms with van der Waals surface area (Å²) in [6.07, 6.45) is 6.52. The first-order chi connectivity index (χ1) is 9.65. The van der Waals surface area contributed by atoms with Crippen molar-refractivity contribution in [2.45, 2.75) is 33.1 Å². The van der Waals surface area contributed by atoms with Gasteiger partial charge in [0.05, 0.1) is 17.7 Å². The molecule has 0 atom stereocenters. The molecule has 1 aromatic rings. The fourth-order valence-electron chi connectivity index (χ4n) is 1.81. The number of nitrogens with zero attached hydrogens (tertiary/aromatic N) is 1. The molecule has 1 rings (SSSR count). The van der Waals surface area contributed by atoms with E-state index in [4.69, 9.17) is 5.73 Å². The highest BCUT2D eigenvalue weighted by Gasteiger charge is 2.09. The number of amides is 1. The molecule has 0 aliphatic heterocycles. The van der Waals surface area contributed by atoms with Crippen molar-refractivity contribution in [3.05, 3.63) is 29.6 Å². The second-order valence-electron chi connectivity index (χ2n) is 5.07. The topological polar surface area (TPSA) is 68.0 Å². The molecule has 0 spiro atoms. The highest BCUT2D eigenvalue weighted by molar-refractivity contribution is 5.96. The Morgan fingerprint density at radius 2 is 2.25 bits per heavy atom. The zero-order chi connectivity index (χ0) is 14.8. The van der Waals surface area contributed by atoms with Crippen LogP contribution in [0.2, 0.25) is 0 Å². The van der Waals surface area contributed by atoms with Crippen molar-refractivity contribution in [3.8, 4) is 11.8 Å². The third kappa shape index (κ3) is 5.85. The molecular formula is C16H23N3O. The van der Waals surface area contributed by atoms with Crippen molar-refractivity contribution < 1.29 is 4.79 Å². The summed E-state index contributed by atoms with van der Waals surface area (Å²) >= 11 is 0. The molecule has 1 aromatic heterocycles. The van der Waals surface area contributed by atoms with Crippen LogP contribution in [0.1, 0.15) is 49.0 Å². The summed E-state index contributed by atoms with van der Waals surface area (Å²) in [5, 5.41) is 2.92.